The van der Waals surface area contributed by atoms with Crippen LogP contribution in [0.4, 0.5) is 19.1 Å². The molecule has 8 heteroatoms. The fourth-order valence-corrected chi connectivity index (χ4v) is 1.59. The lowest BCUT2D eigenvalue weighted by atomic mass is 10.3. The maximum Gasteiger partial charge on any atom is 0.224 e. The molecule has 4 nitrogen and oxygen atoms in total. The first-order valence-corrected chi connectivity index (χ1v) is 5.67. The van der Waals surface area contributed by atoms with Crippen molar-refractivity contribution < 1.29 is 13.2 Å². The van der Waals surface area contributed by atoms with Crippen LogP contribution in [0.1, 0.15) is 0 Å². The van der Waals surface area contributed by atoms with E-state index in [1.165, 1.54) is 11.8 Å². The normalized spacial score (nSPS) is 10.8. The van der Waals surface area contributed by atoms with Crippen molar-refractivity contribution in [3.8, 4) is 5.69 Å². The van der Waals surface area contributed by atoms with Gasteiger partial charge < -0.3 is 5.73 Å². The van der Waals surface area contributed by atoms with Crippen LogP contribution in [-0.2, 0) is 0 Å². The van der Waals surface area contributed by atoms with E-state index in [2.05, 4.69) is 10.1 Å². The quantitative estimate of drug-likeness (QED) is 0.662. The molecule has 2 rings (SSSR count). The Labute approximate surface area is 98.6 Å². The lowest BCUT2D eigenvalue weighted by Gasteiger charge is -2.03. The van der Waals surface area contributed by atoms with Crippen LogP contribution in [0.3, 0.4) is 0 Å². The van der Waals surface area contributed by atoms with Crippen LogP contribution in [0.2, 0.25) is 0 Å². The molecule has 1 aromatic heterocycles. The summed E-state index contributed by atoms with van der Waals surface area (Å²) in [6, 6.07) is 1.60. The third kappa shape index (κ3) is 2.07. The van der Waals surface area contributed by atoms with E-state index in [1.807, 2.05) is 0 Å². The lowest BCUT2D eigenvalue weighted by Crippen LogP contribution is -2.04. The molecule has 0 radical (unpaired) electrons. The van der Waals surface area contributed by atoms with Gasteiger partial charge in [-0.05, 0) is 6.26 Å². The number of anilines is 1. The van der Waals surface area contributed by atoms with Crippen molar-refractivity contribution >= 4 is 17.7 Å². The van der Waals surface area contributed by atoms with E-state index in [-0.39, 0.29) is 11.6 Å². The molecule has 17 heavy (non-hydrogen) atoms. The highest BCUT2D eigenvalue weighted by atomic mass is 32.2. The summed E-state index contributed by atoms with van der Waals surface area (Å²) in [7, 11) is 0. The number of nitrogens with two attached hydrogens (primary N) is 1. The Morgan fingerprint density at radius 3 is 2.29 bits per heavy atom. The standard InChI is InChI=1S/C9H7F3N4S/c1-17-9-14-8(13)16(15-9)4-2-5(10)7(12)6(11)3-4/h2-3H,1H3,(H2,13,14,15). The van der Waals surface area contributed by atoms with E-state index >= 15 is 0 Å². The number of hydrogen-bond donors (Lipinski definition) is 1. The molecular weight excluding hydrogens is 253 g/mol. The van der Waals surface area contributed by atoms with Crippen LogP contribution in [0, 0.1) is 17.5 Å². The molecule has 2 aromatic rings. The highest BCUT2D eigenvalue weighted by Crippen LogP contribution is 2.20. The van der Waals surface area contributed by atoms with E-state index < -0.39 is 17.5 Å². The van der Waals surface area contributed by atoms with Gasteiger partial charge in [0.05, 0.1) is 5.69 Å². The minimum absolute atomic E-state index is 0.0216. The average molecular weight is 260 g/mol. The SMILES string of the molecule is CSc1nc(N)n(-c2cc(F)c(F)c(F)c2)n1. The lowest BCUT2D eigenvalue weighted by molar-refractivity contribution is 0.446. The summed E-state index contributed by atoms with van der Waals surface area (Å²) in [6.45, 7) is 0. The third-order valence-electron chi connectivity index (χ3n) is 2.01. The molecule has 0 fully saturated rings. The molecule has 0 amide bonds. The van der Waals surface area contributed by atoms with Gasteiger partial charge in [0.15, 0.2) is 17.5 Å². The first-order valence-electron chi connectivity index (χ1n) is 4.44. The van der Waals surface area contributed by atoms with Crippen LogP contribution >= 0.6 is 11.8 Å². The van der Waals surface area contributed by atoms with E-state index in [4.69, 9.17) is 5.73 Å². The number of nitrogen functional groups attached to an aromatic ring is 1. The zero-order valence-electron chi connectivity index (χ0n) is 8.62. The summed E-state index contributed by atoms with van der Waals surface area (Å²) in [5, 5.41) is 4.25. The summed E-state index contributed by atoms with van der Waals surface area (Å²) in [5.41, 5.74) is 5.50. The molecular formula is C9H7F3N4S. The van der Waals surface area contributed by atoms with Gasteiger partial charge in [0.25, 0.3) is 0 Å². The molecule has 0 spiro atoms. The Hall–Kier alpha value is -1.70. The van der Waals surface area contributed by atoms with Crippen molar-refractivity contribution in [3.63, 3.8) is 0 Å². The van der Waals surface area contributed by atoms with E-state index in [9.17, 15) is 13.2 Å². The molecule has 2 N–H and O–H groups in total. The molecule has 0 saturated carbocycles. The van der Waals surface area contributed by atoms with Gasteiger partial charge in [0.1, 0.15) is 0 Å². The molecule has 0 aliphatic heterocycles. The molecule has 0 saturated heterocycles. The van der Waals surface area contributed by atoms with Crippen LogP contribution in [0.5, 0.6) is 0 Å². The van der Waals surface area contributed by atoms with Gasteiger partial charge in [-0.2, -0.15) is 9.67 Å². The van der Waals surface area contributed by atoms with Crippen molar-refractivity contribution in [3.05, 3.63) is 29.6 Å². The van der Waals surface area contributed by atoms with Gasteiger partial charge in [0, 0.05) is 12.1 Å². The number of nitrogens with zero attached hydrogens (tertiary/aromatic N) is 3. The third-order valence-corrected chi connectivity index (χ3v) is 2.55. The maximum atomic E-state index is 13.0. The second-order valence-corrected chi connectivity index (χ2v) is 3.87. The Morgan fingerprint density at radius 1 is 1.24 bits per heavy atom. The smallest absolute Gasteiger partial charge is 0.224 e. The summed E-state index contributed by atoms with van der Waals surface area (Å²) >= 11 is 1.23. The molecule has 0 atom stereocenters. The fraction of sp³-hybridized carbons (Fsp3) is 0.111. The van der Waals surface area contributed by atoms with Gasteiger partial charge in [-0.15, -0.1) is 5.10 Å². The number of aromatic nitrogens is 3. The van der Waals surface area contributed by atoms with Crippen molar-refractivity contribution in [2.24, 2.45) is 0 Å². The zero-order chi connectivity index (χ0) is 12.6. The van der Waals surface area contributed by atoms with Gasteiger partial charge >= 0.3 is 0 Å². The number of rotatable bonds is 2. The first kappa shape index (κ1) is 11.8. The highest BCUT2D eigenvalue weighted by Gasteiger charge is 2.14. The van der Waals surface area contributed by atoms with Crippen molar-refractivity contribution in [1.29, 1.82) is 0 Å². The van der Waals surface area contributed by atoms with E-state index in [0.717, 1.165) is 16.8 Å². The number of halogens is 3. The topological polar surface area (TPSA) is 56.7 Å². The Morgan fingerprint density at radius 2 is 1.82 bits per heavy atom. The molecule has 0 aliphatic rings. The van der Waals surface area contributed by atoms with E-state index in [1.54, 1.807) is 6.26 Å². The maximum absolute atomic E-state index is 13.0. The largest absolute Gasteiger partial charge is 0.368 e. The van der Waals surface area contributed by atoms with Gasteiger partial charge in [-0.25, -0.2) is 13.2 Å². The summed E-state index contributed by atoms with van der Waals surface area (Å²) in [4.78, 5) is 3.84. The minimum Gasteiger partial charge on any atom is -0.368 e. The molecule has 0 aliphatic carbocycles. The van der Waals surface area contributed by atoms with E-state index in [0.29, 0.717) is 5.16 Å². The Balaban J connectivity index is 2.56. The summed E-state index contributed by atoms with van der Waals surface area (Å²) in [5.74, 6) is -4.17. The Bertz CT molecular complexity index is 546. The fourth-order valence-electron chi connectivity index (χ4n) is 1.25. The van der Waals surface area contributed by atoms with Gasteiger partial charge in [-0.1, -0.05) is 11.8 Å². The van der Waals surface area contributed by atoms with Crippen molar-refractivity contribution in [1.82, 2.24) is 14.8 Å². The zero-order valence-corrected chi connectivity index (χ0v) is 9.43. The predicted molar refractivity (Wildman–Crippen MR) is 57.4 cm³/mol. The van der Waals surface area contributed by atoms with Crippen molar-refractivity contribution in [2.75, 3.05) is 12.0 Å². The molecule has 1 heterocycles. The van der Waals surface area contributed by atoms with Crippen LogP contribution < -0.4 is 5.73 Å². The van der Waals surface area contributed by atoms with Gasteiger partial charge in [0.2, 0.25) is 11.1 Å². The molecule has 0 unspecified atom stereocenters. The van der Waals surface area contributed by atoms with Crippen LogP contribution in [0.15, 0.2) is 17.3 Å². The second-order valence-electron chi connectivity index (χ2n) is 3.09. The summed E-state index contributed by atoms with van der Waals surface area (Å²) < 4.78 is 39.9. The molecule has 1 aromatic carbocycles. The number of benzene rings is 1. The van der Waals surface area contributed by atoms with Crippen molar-refractivity contribution in [2.45, 2.75) is 5.16 Å². The second kappa shape index (κ2) is 4.28. The molecule has 0 bridgehead atoms. The highest BCUT2D eigenvalue weighted by molar-refractivity contribution is 7.98. The minimum atomic E-state index is -1.53. The summed E-state index contributed by atoms with van der Waals surface area (Å²) in [6.07, 6.45) is 1.73. The number of thioether (sulfide) groups is 1. The number of hydrogen-bond acceptors (Lipinski definition) is 4. The average Bonchev–Trinajstić information content (AvgIpc) is 2.67. The Kier molecular flexibility index (Phi) is 2.97. The van der Waals surface area contributed by atoms with Gasteiger partial charge in [-0.3, -0.25) is 0 Å². The van der Waals surface area contributed by atoms with Crippen LogP contribution in [-0.4, -0.2) is 21.0 Å². The predicted octanol–water partition coefficient (Wildman–Crippen LogP) is 1.99. The molecule has 90 valence electrons. The monoisotopic (exact) mass is 260 g/mol. The van der Waals surface area contributed by atoms with Crippen LogP contribution in [0.25, 0.3) is 5.69 Å². The first-order chi connectivity index (χ1) is 8.02.